The summed E-state index contributed by atoms with van der Waals surface area (Å²) >= 11 is 0. The fourth-order valence-corrected chi connectivity index (χ4v) is 2.13. The third kappa shape index (κ3) is 2.89. The van der Waals surface area contributed by atoms with Gasteiger partial charge in [0.2, 0.25) is 5.76 Å². The summed E-state index contributed by atoms with van der Waals surface area (Å²) in [6.45, 7) is 3.40. The number of carbonyl (C=O) groups is 1. The summed E-state index contributed by atoms with van der Waals surface area (Å²) in [5.41, 5.74) is 1.74. The van der Waals surface area contributed by atoms with E-state index >= 15 is 0 Å². The predicted octanol–water partition coefficient (Wildman–Crippen LogP) is 1.53. The van der Waals surface area contributed by atoms with E-state index in [9.17, 15) is 4.79 Å². The van der Waals surface area contributed by atoms with E-state index in [-0.39, 0.29) is 5.76 Å². The second kappa shape index (κ2) is 5.87. The lowest BCUT2D eigenvalue weighted by Gasteiger charge is -2.11. The van der Waals surface area contributed by atoms with E-state index in [4.69, 9.17) is 9.15 Å². The fourth-order valence-electron chi connectivity index (χ4n) is 2.13. The Balaban J connectivity index is 1.88. The van der Waals surface area contributed by atoms with Crippen LogP contribution >= 0.6 is 0 Å². The molecule has 3 aromatic rings. The van der Waals surface area contributed by atoms with Crippen molar-refractivity contribution in [3.8, 4) is 11.4 Å². The molecule has 0 aliphatic carbocycles. The van der Waals surface area contributed by atoms with Crippen molar-refractivity contribution >= 4 is 11.6 Å². The molecule has 1 N–H and O–H groups in total. The molecular formula is C14H14N6O3. The lowest BCUT2D eigenvalue weighted by atomic mass is 10.2. The number of nitrogens with zero attached hydrogens (tertiary/aromatic N) is 5. The molecule has 9 nitrogen and oxygen atoms in total. The number of carbonyl (C=O) groups excluding carboxylic acids is 1. The van der Waals surface area contributed by atoms with Crippen molar-refractivity contribution in [2.45, 2.75) is 13.8 Å². The largest absolute Gasteiger partial charge is 0.494 e. The van der Waals surface area contributed by atoms with Crippen LogP contribution in [-0.4, -0.2) is 38.2 Å². The van der Waals surface area contributed by atoms with Crippen LogP contribution in [0.25, 0.3) is 5.69 Å². The van der Waals surface area contributed by atoms with Gasteiger partial charge in [0.25, 0.3) is 5.91 Å². The van der Waals surface area contributed by atoms with Gasteiger partial charge in [0.05, 0.1) is 24.2 Å². The SMILES string of the molecule is COc1cc(-n2cnnn2)ccc1NC(=O)c1oc(C)nc1C. The Hall–Kier alpha value is -3.23. The molecule has 1 amide bonds. The van der Waals surface area contributed by atoms with Gasteiger partial charge in [-0.2, -0.15) is 0 Å². The molecule has 0 aliphatic heterocycles. The second-order valence-electron chi connectivity index (χ2n) is 4.74. The smallest absolute Gasteiger partial charge is 0.293 e. The minimum atomic E-state index is -0.392. The number of aryl methyl sites for hydroxylation is 2. The summed E-state index contributed by atoms with van der Waals surface area (Å²) in [5, 5.41) is 13.7. The van der Waals surface area contributed by atoms with Crippen molar-refractivity contribution in [3.63, 3.8) is 0 Å². The number of nitrogens with one attached hydrogen (secondary N) is 1. The number of hydrogen-bond acceptors (Lipinski definition) is 7. The van der Waals surface area contributed by atoms with E-state index in [1.807, 2.05) is 0 Å². The average molecular weight is 314 g/mol. The number of benzene rings is 1. The Labute approximate surface area is 131 Å². The van der Waals surface area contributed by atoms with Crippen molar-refractivity contribution in [2.24, 2.45) is 0 Å². The molecule has 0 saturated heterocycles. The van der Waals surface area contributed by atoms with Crippen LogP contribution in [0.1, 0.15) is 22.1 Å². The number of tetrazole rings is 1. The van der Waals surface area contributed by atoms with Crippen molar-refractivity contribution < 1.29 is 13.9 Å². The quantitative estimate of drug-likeness (QED) is 0.777. The first-order chi connectivity index (χ1) is 11.1. The average Bonchev–Trinajstić information content (AvgIpc) is 3.17. The zero-order chi connectivity index (χ0) is 16.4. The highest BCUT2D eigenvalue weighted by Gasteiger charge is 2.18. The van der Waals surface area contributed by atoms with Gasteiger partial charge in [0.1, 0.15) is 12.1 Å². The highest BCUT2D eigenvalue weighted by atomic mass is 16.5. The maximum atomic E-state index is 12.3. The predicted molar refractivity (Wildman–Crippen MR) is 79.6 cm³/mol. The van der Waals surface area contributed by atoms with Crippen LogP contribution < -0.4 is 10.1 Å². The van der Waals surface area contributed by atoms with E-state index in [1.54, 1.807) is 32.0 Å². The molecule has 0 unspecified atom stereocenters. The minimum absolute atomic E-state index is 0.175. The third-order valence-corrected chi connectivity index (χ3v) is 3.16. The first-order valence-electron chi connectivity index (χ1n) is 6.75. The van der Waals surface area contributed by atoms with Crippen molar-refractivity contribution in [3.05, 3.63) is 41.9 Å². The van der Waals surface area contributed by atoms with Crippen LogP contribution in [0.2, 0.25) is 0 Å². The third-order valence-electron chi connectivity index (χ3n) is 3.16. The van der Waals surface area contributed by atoms with E-state index < -0.39 is 5.91 Å². The van der Waals surface area contributed by atoms with Gasteiger partial charge in [-0.05, 0) is 29.5 Å². The Morgan fingerprint density at radius 1 is 1.35 bits per heavy atom. The number of rotatable bonds is 4. The molecule has 0 radical (unpaired) electrons. The molecule has 2 aromatic heterocycles. The summed E-state index contributed by atoms with van der Waals surface area (Å²) in [5.74, 6) is 0.694. The molecule has 0 bridgehead atoms. The lowest BCUT2D eigenvalue weighted by molar-refractivity contribution is 0.0994. The number of amides is 1. The van der Waals surface area contributed by atoms with Gasteiger partial charge < -0.3 is 14.5 Å². The zero-order valence-electron chi connectivity index (χ0n) is 12.8. The Kier molecular flexibility index (Phi) is 3.75. The maximum absolute atomic E-state index is 12.3. The van der Waals surface area contributed by atoms with Crippen LogP contribution in [0.4, 0.5) is 5.69 Å². The van der Waals surface area contributed by atoms with Gasteiger partial charge >= 0.3 is 0 Å². The highest BCUT2D eigenvalue weighted by molar-refractivity contribution is 6.03. The van der Waals surface area contributed by atoms with Gasteiger partial charge in [-0.15, -0.1) is 5.10 Å². The van der Waals surface area contributed by atoms with E-state index in [1.165, 1.54) is 18.1 Å². The normalized spacial score (nSPS) is 10.6. The van der Waals surface area contributed by atoms with E-state index in [0.717, 1.165) is 0 Å². The molecule has 0 saturated carbocycles. The molecule has 118 valence electrons. The Morgan fingerprint density at radius 3 is 2.78 bits per heavy atom. The van der Waals surface area contributed by atoms with Crippen LogP contribution in [0.15, 0.2) is 28.9 Å². The number of hydrogen-bond donors (Lipinski definition) is 1. The Morgan fingerprint density at radius 2 is 2.17 bits per heavy atom. The molecule has 2 heterocycles. The van der Waals surface area contributed by atoms with Crippen LogP contribution in [-0.2, 0) is 0 Å². The first kappa shape index (κ1) is 14.7. The fraction of sp³-hybridized carbons (Fsp3) is 0.214. The van der Waals surface area contributed by atoms with Gasteiger partial charge in [-0.1, -0.05) is 0 Å². The molecule has 0 atom stereocenters. The molecule has 0 aliphatic rings. The number of ether oxygens (including phenoxy) is 1. The van der Waals surface area contributed by atoms with Crippen molar-refractivity contribution in [2.75, 3.05) is 12.4 Å². The molecule has 9 heteroatoms. The molecule has 3 rings (SSSR count). The first-order valence-corrected chi connectivity index (χ1v) is 6.75. The van der Waals surface area contributed by atoms with Crippen LogP contribution in [0, 0.1) is 13.8 Å². The molecule has 0 fully saturated rings. The van der Waals surface area contributed by atoms with Gasteiger partial charge in [0.15, 0.2) is 5.89 Å². The summed E-state index contributed by atoms with van der Waals surface area (Å²) in [6, 6.07) is 5.17. The summed E-state index contributed by atoms with van der Waals surface area (Å²) in [7, 11) is 1.51. The van der Waals surface area contributed by atoms with Gasteiger partial charge in [0, 0.05) is 13.0 Å². The van der Waals surface area contributed by atoms with Crippen molar-refractivity contribution in [1.82, 2.24) is 25.2 Å². The maximum Gasteiger partial charge on any atom is 0.293 e. The second-order valence-corrected chi connectivity index (χ2v) is 4.74. The molecule has 0 spiro atoms. The zero-order valence-corrected chi connectivity index (χ0v) is 12.8. The van der Waals surface area contributed by atoms with Gasteiger partial charge in [-0.3, -0.25) is 4.79 Å². The molecule has 1 aromatic carbocycles. The van der Waals surface area contributed by atoms with E-state index in [0.29, 0.717) is 28.7 Å². The lowest BCUT2D eigenvalue weighted by Crippen LogP contribution is -2.13. The van der Waals surface area contributed by atoms with E-state index in [2.05, 4.69) is 25.8 Å². The summed E-state index contributed by atoms with van der Waals surface area (Å²) in [6.07, 6.45) is 1.47. The monoisotopic (exact) mass is 314 g/mol. The number of aromatic nitrogens is 5. The summed E-state index contributed by atoms with van der Waals surface area (Å²) < 4.78 is 12.1. The number of methoxy groups -OCH3 is 1. The highest BCUT2D eigenvalue weighted by Crippen LogP contribution is 2.27. The minimum Gasteiger partial charge on any atom is -0.494 e. The molecular weight excluding hydrogens is 300 g/mol. The standard InChI is InChI=1S/C14H14N6O3/c1-8-13(23-9(2)16-8)14(21)17-11-5-4-10(6-12(11)22-3)20-7-15-18-19-20/h4-7H,1-3H3,(H,17,21). The number of anilines is 1. The Bertz CT molecular complexity index is 840. The number of oxazole rings is 1. The van der Waals surface area contributed by atoms with Gasteiger partial charge in [-0.25, -0.2) is 9.67 Å². The van der Waals surface area contributed by atoms with Crippen molar-refractivity contribution in [1.29, 1.82) is 0 Å². The van der Waals surface area contributed by atoms with Crippen LogP contribution in [0.3, 0.4) is 0 Å². The molecule has 23 heavy (non-hydrogen) atoms. The van der Waals surface area contributed by atoms with Crippen LogP contribution in [0.5, 0.6) is 5.75 Å². The topological polar surface area (TPSA) is 108 Å². The summed E-state index contributed by atoms with van der Waals surface area (Å²) in [4.78, 5) is 16.4.